The molecule has 4 N–H and O–H groups in total. The average molecular weight is 467 g/mol. The Kier molecular flexibility index (Phi) is 31.5. The van der Waals surface area contributed by atoms with Gasteiger partial charge in [-0.15, -0.1) is 0 Å². The Morgan fingerprint density at radius 1 is 0.697 bits per heavy atom. The summed E-state index contributed by atoms with van der Waals surface area (Å²) >= 11 is 0. The lowest BCUT2D eigenvalue weighted by molar-refractivity contribution is -0.117. The van der Waals surface area contributed by atoms with Gasteiger partial charge < -0.3 is 21.3 Å². The van der Waals surface area contributed by atoms with Crippen LogP contribution in [0, 0.1) is 0 Å². The Balaban J connectivity index is -0.000000479. The summed E-state index contributed by atoms with van der Waals surface area (Å²) < 4.78 is 0. The molecule has 0 aliphatic rings. The first-order valence-corrected chi connectivity index (χ1v) is 12.1. The molecule has 0 radical (unpaired) electrons. The number of unbranched alkanes of at least 4 members (excludes halogenated alkanes) is 9. The van der Waals surface area contributed by atoms with Gasteiger partial charge in [0, 0.05) is 13.1 Å². The molecule has 0 atom stereocenters. The largest absolute Gasteiger partial charge is 0.366 e. The summed E-state index contributed by atoms with van der Waals surface area (Å²) in [6.45, 7) is 14.6. The van der Waals surface area contributed by atoms with E-state index in [1.54, 1.807) is 0 Å². The molecule has 0 aliphatic carbocycles. The maximum absolute atomic E-state index is 10.8. The summed E-state index contributed by atoms with van der Waals surface area (Å²) in [5.41, 5.74) is 4.53. The van der Waals surface area contributed by atoms with E-state index in [4.69, 9.17) is 0 Å². The highest BCUT2D eigenvalue weighted by molar-refractivity contribution is 5.87. The van der Waals surface area contributed by atoms with Gasteiger partial charge in [-0.2, -0.15) is 0 Å². The van der Waals surface area contributed by atoms with E-state index in [1.807, 2.05) is 14.1 Å². The maximum Gasteiger partial charge on any atom is 0.243 e. The molecule has 0 aromatic heterocycles. The van der Waals surface area contributed by atoms with Gasteiger partial charge in [0.25, 0.3) is 0 Å². The average Bonchev–Trinajstić information content (AvgIpc) is 2.80. The van der Waals surface area contributed by atoms with Crippen LogP contribution >= 0.6 is 0 Å². The molecule has 33 heavy (non-hydrogen) atoms. The fourth-order valence-electron chi connectivity index (χ4n) is 2.58. The third-order valence-corrected chi connectivity index (χ3v) is 4.48. The Labute approximate surface area is 202 Å². The molecule has 0 fully saturated rings. The third-order valence-electron chi connectivity index (χ3n) is 4.48. The molecule has 0 aromatic carbocycles. The zero-order valence-corrected chi connectivity index (χ0v) is 21.5. The molecule has 0 aliphatic heterocycles. The molecule has 7 nitrogen and oxygen atoms in total. The molecular weight excluding hydrogens is 416 g/mol. The van der Waals surface area contributed by atoms with E-state index in [1.165, 1.54) is 69.9 Å². The van der Waals surface area contributed by atoms with Crippen LogP contribution in [-0.2, 0) is 14.4 Å². The summed E-state index contributed by atoms with van der Waals surface area (Å²) in [5, 5.41) is 5.50. The standard InChI is InChI=1S/C15H29NO.C8H16N2O.C3H5NO/c1-3-5-6-7-8-9-10-11-12-13-14-16-15(17)4-2;1-4-8(11)9-6-5-7-10(2)3;1-2-3(4)5/h4H,2-3,5-14H2,1H3,(H,16,17);4H,1,5-7H2,2-3H3,(H,9,11);2H,1H2,(H2,4,5). The van der Waals surface area contributed by atoms with E-state index >= 15 is 0 Å². The van der Waals surface area contributed by atoms with Gasteiger partial charge in [0.05, 0.1) is 0 Å². The number of hydrogen-bond donors (Lipinski definition) is 3. The van der Waals surface area contributed by atoms with Gasteiger partial charge in [-0.3, -0.25) is 14.4 Å². The minimum atomic E-state index is -0.481. The van der Waals surface area contributed by atoms with Crippen LogP contribution in [0.2, 0.25) is 0 Å². The zero-order chi connectivity index (χ0) is 25.7. The van der Waals surface area contributed by atoms with Crippen LogP contribution in [-0.4, -0.2) is 56.4 Å². The van der Waals surface area contributed by atoms with E-state index in [2.05, 4.69) is 47.9 Å². The van der Waals surface area contributed by atoms with Crippen molar-refractivity contribution >= 4 is 17.7 Å². The summed E-state index contributed by atoms with van der Waals surface area (Å²) in [7, 11) is 4.02. The van der Waals surface area contributed by atoms with Gasteiger partial charge in [0.1, 0.15) is 0 Å². The fraction of sp³-hybridized carbons (Fsp3) is 0.654. The number of nitrogens with zero attached hydrogens (tertiary/aromatic N) is 1. The molecule has 0 spiro atoms. The van der Waals surface area contributed by atoms with E-state index in [9.17, 15) is 14.4 Å². The second kappa shape index (κ2) is 29.6. The monoisotopic (exact) mass is 466 g/mol. The minimum absolute atomic E-state index is 0.0547. The van der Waals surface area contributed by atoms with E-state index in [0.717, 1.165) is 38.6 Å². The van der Waals surface area contributed by atoms with Crippen LogP contribution in [0.4, 0.5) is 0 Å². The molecule has 7 heteroatoms. The van der Waals surface area contributed by atoms with Gasteiger partial charge in [-0.25, -0.2) is 0 Å². The molecule has 0 aromatic rings. The van der Waals surface area contributed by atoms with Crippen molar-refractivity contribution in [3.05, 3.63) is 38.0 Å². The SMILES string of the molecule is C=CC(=O)NCCCCCCCCCCCC.C=CC(=O)NCCCN(C)C.C=CC(N)=O. The molecule has 3 amide bonds. The summed E-state index contributed by atoms with van der Waals surface area (Å²) in [6, 6.07) is 0. The van der Waals surface area contributed by atoms with Crippen molar-refractivity contribution in [1.82, 2.24) is 15.5 Å². The first-order valence-electron chi connectivity index (χ1n) is 12.1. The number of nitrogens with one attached hydrogen (secondary N) is 2. The highest BCUT2D eigenvalue weighted by atomic mass is 16.2. The molecule has 0 rings (SSSR count). The third kappa shape index (κ3) is 40.5. The first-order chi connectivity index (χ1) is 15.7. The number of carbonyl (C=O) groups is 3. The predicted molar refractivity (Wildman–Crippen MR) is 141 cm³/mol. The summed E-state index contributed by atoms with van der Waals surface area (Å²) in [4.78, 5) is 33.0. The van der Waals surface area contributed by atoms with Gasteiger partial charge >= 0.3 is 0 Å². The number of amides is 3. The van der Waals surface area contributed by atoms with Crippen molar-refractivity contribution in [2.24, 2.45) is 5.73 Å². The highest BCUT2D eigenvalue weighted by Gasteiger charge is 1.95. The van der Waals surface area contributed by atoms with Crippen LogP contribution in [0.5, 0.6) is 0 Å². The Morgan fingerprint density at radius 2 is 1.06 bits per heavy atom. The molecule has 0 saturated heterocycles. The van der Waals surface area contributed by atoms with Gasteiger partial charge in [0.2, 0.25) is 17.7 Å². The van der Waals surface area contributed by atoms with Gasteiger partial charge in [-0.1, -0.05) is 84.4 Å². The minimum Gasteiger partial charge on any atom is -0.366 e. The van der Waals surface area contributed by atoms with Gasteiger partial charge in [-0.05, 0) is 51.7 Å². The number of primary amides is 1. The smallest absolute Gasteiger partial charge is 0.243 e. The van der Waals surface area contributed by atoms with Gasteiger partial charge in [0.15, 0.2) is 0 Å². The van der Waals surface area contributed by atoms with Crippen molar-refractivity contribution in [3.63, 3.8) is 0 Å². The topological polar surface area (TPSA) is 105 Å². The van der Waals surface area contributed by atoms with Crippen molar-refractivity contribution in [2.75, 3.05) is 33.7 Å². The van der Waals surface area contributed by atoms with Crippen LogP contribution in [0.1, 0.15) is 77.6 Å². The molecule has 0 unspecified atom stereocenters. The number of rotatable bonds is 18. The number of nitrogens with two attached hydrogens (primary N) is 1. The Bertz CT molecular complexity index is 520. The van der Waals surface area contributed by atoms with E-state index < -0.39 is 5.91 Å². The maximum atomic E-state index is 10.8. The first kappa shape index (κ1) is 35.2. The lowest BCUT2D eigenvalue weighted by Gasteiger charge is -2.08. The predicted octanol–water partition coefficient (Wildman–Crippen LogP) is 4.11. The number of hydrogen-bond acceptors (Lipinski definition) is 4. The van der Waals surface area contributed by atoms with E-state index in [0.29, 0.717) is 0 Å². The summed E-state index contributed by atoms with van der Waals surface area (Å²) in [6.07, 6.45) is 17.9. The van der Waals surface area contributed by atoms with Crippen molar-refractivity contribution in [2.45, 2.75) is 77.6 Å². The van der Waals surface area contributed by atoms with Crippen LogP contribution < -0.4 is 16.4 Å². The number of carbonyl (C=O) groups excluding carboxylic acids is 3. The van der Waals surface area contributed by atoms with Crippen molar-refractivity contribution < 1.29 is 14.4 Å². The lowest BCUT2D eigenvalue weighted by Crippen LogP contribution is -2.25. The Morgan fingerprint density at radius 3 is 1.39 bits per heavy atom. The van der Waals surface area contributed by atoms with Crippen LogP contribution in [0.15, 0.2) is 38.0 Å². The molecule has 0 bridgehead atoms. The Hall–Kier alpha value is -2.41. The molecular formula is C26H50N4O3. The van der Waals surface area contributed by atoms with Crippen molar-refractivity contribution in [1.29, 1.82) is 0 Å². The van der Waals surface area contributed by atoms with Crippen LogP contribution in [0.3, 0.4) is 0 Å². The van der Waals surface area contributed by atoms with Crippen molar-refractivity contribution in [3.8, 4) is 0 Å². The highest BCUT2D eigenvalue weighted by Crippen LogP contribution is 2.10. The van der Waals surface area contributed by atoms with Crippen LogP contribution in [0.25, 0.3) is 0 Å². The molecule has 0 heterocycles. The summed E-state index contributed by atoms with van der Waals surface area (Å²) in [5.74, 6) is -0.630. The second-order valence-electron chi connectivity index (χ2n) is 7.94. The lowest BCUT2D eigenvalue weighted by atomic mass is 10.1. The normalized spacial score (nSPS) is 9.45. The molecule has 192 valence electrons. The fourth-order valence-corrected chi connectivity index (χ4v) is 2.58. The second-order valence-corrected chi connectivity index (χ2v) is 7.94. The van der Waals surface area contributed by atoms with E-state index in [-0.39, 0.29) is 11.8 Å². The molecule has 0 saturated carbocycles. The quantitative estimate of drug-likeness (QED) is 0.209. The zero-order valence-electron chi connectivity index (χ0n) is 21.5.